The largest absolute Gasteiger partial charge is 0.444 e. The van der Waals surface area contributed by atoms with Gasteiger partial charge in [0, 0.05) is 11.9 Å². The van der Waals surface area contributed by atoms with Crippen LogP contribution in [0.4, 0.5) is 16.3 Å². The highest BCUT2D eigenvalue weighted by Gasteiger charge is 2.16. The van der Waals surface area contributed by atoms with Crippen molar-refractivity contribution in [2.75, 3.05) is 11.1 Å². The topological polar surface area (TPSA) is 82.2 Å². The van der Waals surface area contributed by atoms with Gasteiger partial charge in [-0.2, -0.15) is 5.10 Å². The first-order valence-corrected chi connectivity index (χ1v) is 6.70. The average molecular weight is 288 g/mol. The Morgan fingerprint density at radius 3 is 2.76 bits per heavy atom. The summed E-state index contributed by atoms with van der Waals surface area (Å²) in [6, 6.07) is 9.25. The lowest BCUT2D eigenvalue weighted by molar-refractivity contribution is 0.0636. The molecule has 1 amide bonds. The van der Waals surface area contributed by atoms with Crippen LogP contribution in [0, 0.1) is 0 Å². The summed E-state index contributed by atoms with van der Waals surface area (Å²) in [5.74, 6) is 0.484. The number of benzene rings is 1. The molecule has 2 aromatic rings. The second-order valence-corrected chi connectivity index (χ2v) is 5.77. The van der Waals surface area contributed by atoms with Gasteiger partial charge in [-0.3, -0.25) is 10.00 Å². The van der Waals surface area contributed by atoms with Crippen molar-refractivity contribution in [2.24, 2.45) is 0 Å². The normalized spacial score (nSPS) is 11.2. The number of nitrogens with two attached hydrogens (primary N) is 1. The summed E-state index contributed by atoms with van der Waals surface area (Å²) in [5, 5.41) is 6.84. The van der Waals surface area contributed by atoms with E-state index in [2.05, 4.69) is 10.4 Å². The van der Waals surface area contributed by atoms with Crippen molar-refractivity contribution in [3.05, 3.63) is 42.1 Å². The first-order valence-electron chi connectivity index (χ1n) is 6.70. The molecular formula is C15H20N4O2. The van der Waals surface area contributed by atoms with Crippen LogP contribution in [0.3, 0.4) is 0 Å². The van der Waals surface area contributed by atoms with E-state index in [4.69, 9.17) is 10.5 Å². The number of nitrogen functional groups attached to an aromatic ring is 1. The number of aromatic nitrogens is 2. The van der Waals surface area contributed by atoms with Crippen LogP contribution < -0.4 is 11.1 Å². The molecule has 0 saturated heterocycles. The lowest BCUT2D eigenvalue weighted by atomic mass is 10.2. The molecule has 0 spiro atoms. The van der Waals surface area contributed by atoms with Crippen LogP contribution in [0.2, 0.25) is 0 Å². The van der Waals surface area contributed by atoms with Crippen molar-refractivity contribution >= 4 is 17.6 Å². The molecule has 112 valence electrons. The SMILES string of the molecule is CC(C)(C)OC(=O)Nc1cccc(Cn2ccc(N)n2)c1. The van der Waals surface area contributed by atoms with Gasteiger partial charge in [0.1, 0.15) is 11.4 Å². The summed E-state index contributed by atoms with van der Waals surface area (Å²) in [6.45, 7) is 6.06. The van der Waals surface area contributed by atoms with E-state index < -0.39 is 11.7 Å². The van der Waals surface area contributed by atoms with E-state index in [1.54, 1.807) is 10.7 Å². The molecule has 1 aromatic carbocycles. The number of carbonyl (C=O) groups excluding carboxylic acids is 1. The Bertz CT molecular complexity index is 629. The predicted octanol–water partition coefficient (Wildman–Crippen LogP) is 2.86. The van der Waals surface area contributed by atoms with Crippen LogP contribution >= 0.6 is 0 Å². The molecule has 1 heterocycles. The van der Waals surface area contributed by atoms with E-state index in [0.29, 0.717) is 18.1 Å². The van der Waals surface area contributed by atoms with E-state index >= 15 is 0 Å². The van der Waals surface area contributed by atoms with Crippen LogP contribution in [-0.2, 0) is 11.3 Å². The standard InChI is InChI=1S/C15H20N4O2/c1-15(2,3)21-14(20)17-12-6-4-5-11(9-12)10-19-8-7-13(16)18-19/h4-9H,10H2,1-3H3,(H2,16,18)(H,17,20). The highest BCUT2D eigenvalue weighted by Crippen LogP contribution is 2.14. The Kier molecular flexibility index (Phi) is 4.16. The van der Waals surface area contributed by atoms with Crippen LogP contribution in [0.1, 0.15) is 26.3 Å². The van der Waals surface area contributed by atoms with Crippen molar-refractivity contribution in [3.8, 4) is 0 Å². The summed E-state index contributed by atoms with van der Waals surface area (Å²) >= 11 is 0. The zero-order valence-corrected chi connectivity index (χ0v) is 12.5. The molecule has 21 heavy (non-hydrogen) atoms. The first-order chi connectivity index (χ1) is 9.82. The van der Waals surface area contributed by atoms with Crippen molar-refractivity contribution in [2.45, 2.75) is 32.9 Å². The number of hydrogen-bond acceptors (Lipinski definition) is 4. The van der Waals surface area contributed by atoms with Gasteiger partial charge in [0.05, 0.1) is 6.54 Å². The summed E-state index contributed by atoms with van der Waals surface area (Å²) in [5.41, 5.74) is 6.75. The Hall–Kier alpha value is -2.50. The third-order valence-electron chi connectivity index (χ3n) is 2.58. The second kappa shape index (κ2) is 5.87. The molecular weight excluding hydrogens is 268 g/mol. The molecule has 0 fully saturated rings. The third-order valence-corrected chi connectivity index (χ3v) is 2.58. The van der Waals surface area contributed by atoms with E-state index in [1.807, 2.05) is 51.2 Å². The predicted molar refractivity (Wildman–Crippen MR) is 82.0 cm³/mol. The number of nitrogens with zero attached hydrogens (tertiary/aromatic N) is 2. The van der Waals surface area contributed by atoms with Crippen molar-refractivity contribution in [1.29, 1.82) is 0 Å². The van der Waals surface area contributed by atoms with Crippen molar-refractivity contribution < 1.29 is 9.53 Å². The molecule has 0 bridgehead atoms. The molecule has 6 nitrogen and oxygen atoms in total. The molecule has 6 heteroatoms. The Morgan fingerprint density at radius 1 is 1.38 bits per heavy atom. The Morgan fingerprint density at radius 2 is 2.14 bits per heavy atom. The van der Waals surface area contributed by atoms with Crippen molar-refractivity contribution in [1.82, 2.24) is 9.78 Å². The molecule has 0 aliphatic carbocycles. The summed E-state index contributed by atoms with van der Waals surface area (Å²) < 4.78 is 6.96. The monoisotopic (exact) mass is 288 g/mol. The molecule has 0 aliphatic rings. The molecule has 0 saturated carbocycles. The first kappa shape index (κ1) is 14.9. The second-order valence-electron chi connectivity index (χ2n) is 5.77. The minimum atomic E-state index is -0.520. The van der Waals surface area contributed by atoms with Crippen LogP contribution in [0.25, 0.3) is 0 Å². The van der Waals surface area contributed by atoms with E-state index in [9.17, 15) is 4.79 Å². The molecule has 0 radical (unpaired) electrons. The summed E-state index contributed by atoms with van der Waals surface area (Å²) in [4.78, 5) is 11.7. The maximum absolute atomic E-state index is 11.7. The van der Waals surface area contributed by atoms with Gasteiger partial charge in [0.15, 0.2) is 0 Å². The summed E-state index contributed by atoms with van der Waals surface area (Å²) in [7, 11) is 0. The van der Waals surface area contributed by atoms with Gasteiger partial charge in [-0.1, -0.05) is 12.1 Å². The van der Waals surface area contributed by atoms with E-state index in [0.717, 1.165) is 5.56 Å². The lowest BCUT2D eigenvalue weighted by Crippen LogP contribution is -2.27. The highest BCUT2D eigenvalue weighted by atomic mass is 16.6. The number of rotatable bonds is 3. The third kappa shape index (κ3) is 4.83. The number of ether oxygens (including phenoxy) is 1. The fraction of sp³-hybridized carbons (Fsp3) is 0.333. The van der Waals surface area contributed by atoms with E-state index in [-0.39, 0.29) is 0 Å². The van der Waals surface area contributed by atoms with Gasteiger partial charge in [0.2, 0.25) is 0 Å². The maximum atomic E-state index is 11.7. The number of amides is 1. The molecule has 3 N–H and O–H groups in total. The average Bonchev–Trinajstić information content (AvgIpc) is 2.72. The van der Waals surface area contributed by atoms with Gasteiger partial charge >= 0.3 is 6.09 Å². The molecule has 2 rings (SSSR count). The van der Waals surface area contributed by atoms with Gasteiger partial charge in [-0.25, -0.2) is 4.79 Å². The molecule has 0 unspecified atom stereocenters. The number of anilines is 2. The van der Waals surface area contributed by atoms with Crippen LogP contribution in [0.5, 0.6) is 0 Å². The van der Waals surface area contributed by atoms with Crippen molar-refractivity contribution in [3.63, 3.8) is 0 Å². The minimum Gasteiger partial charge on any atom is -0.444 e. The van der Waals surface area contributed by atoms with Gasteiger partial charge < -0.3 is 10.5 Å². The lowest BCUT2D eigenvalue weighted by Gasteiger charge is -2.19. The van der Waals surface area contributed by atoms with Gasteiger partial charge in [-0.15, -0.1) is 0 Å². The minimum absolute atomic E-state index is 0.469. The quantitative estimate of drug-likeness (QED) is 0.909. The van der Waals surface area contributed by atoms with E-state index in [1.165, 1.54) is 0 Å². The number of hydrogen-bond donors (Lipinski definition) is 2. The van der Waals surface area contributed by atoms with Gasteiger partial charge in [-0.05, 0) is 44.5 Å². The fourth-order valence-corrected chi connectivity index (χ4v) is 1.82. The zero-order chi connectivity index (χ0) is 15.5. The maximum Gasteiger partial charge on any atom is 0.412 e. The van der Waals surface area contributed by atoms with Crippen LogP contribution in [-0.4, -0.2) is 21.5 Å². The zero-order valence-electron chi connectivity index (χ0n) is 12.5. The molecule has 1 aromatic heterocycles. The number of nitrogens with one attached hydrogen (secondary N) is 1. The Balaban J connectivity index is 2.02. The van der Waals surface area contributed by atoms with Crippen LogP contribution in [0.15, 0.2) is 36.5 Å². The van der Waals surface area contributed by atoms with Gasteiger partial charge in [0.25, 0.3) is 0 Å². The smallest absolute Gasteiger partial charge is 0.412 e. The molecule has 0 aliphatic heterocycles. The highest BCUT2D eigenvalue weighted by molar-refractivity contribution is 5.84. The summed E-state index contributed by atoms with van der Waals surface area (Å²) in [6.07, 6.45) is 1.34. The number of carbonyl (C=O) groups is 1. The fourth-order valence-electron chi connectivity index (χ4n) is 1.82. The molecule has 0 atom stereocenters. The Labute approximate surface area is 123 Å².